The molecule has 0 fully saturated rings. The van der Waals surface area contributed by atoms with Crippen molar-refractivity contribution in [2.24, 2.45) is 0 Å². The van der Waals surface area contributed by atoms with Crippen LogP contribution in [0, 0.1) is 41.5 Å². The number of carbonyl (C=O) groups is 6. The van der Waals surface area contributed by atoms with Crippen LogP contribution in [0.4, 0.5) is 0 Å². The number of hydrogen-bond acceptors (Lipinski definition) is 14. The van der Waals surface area contributed by atoms with E-state index in [0.29, 0.717) is 87.8 Å². The molecule has 26 nitrogen and oxygen atoms in total. The Hall–Kier alpha value is -14.2. The molecule has 9 aromatic rings. The number of nitrogens with zero attached hydrogens (tertiary/aromatic N) is 6. The molecule has 0 aliphatic carbocycles. The van der Waals surface area contributed by atoms with E-state index in [1.54, 1.807) is 13.8 Å². The Morgan fingerprint density at radius 1 is 0.286 bits per heavy atom. The molecular formula is C100H104N12O14. The number of H-pyrrole nitrogens is 6. The minimum absolute atomic E-state index is 0.0250. The highest BCUT2D eigenvalue weighted by atomic mass is 16.4. The molecule has 14 N–H and O–H groups in total. The summed E-state index contributed by atoms with van der Waals surface area (Å²) < 4.78 is 0. The number of aliphatic hydroxyl groups excluding tert-OH is 2. The van der Waals surface area contributed by atoms with Crippen LogP contribution in [-0.4, -0.2) is 136 Å². The van der Waals surface area contributed by atoms with Crippen molar-refractivity contribution in [2.75, 3.05) is 0 Å². The Balaban J connectivity index is 0.000000162. The molecule has 9 aromatic heterocycles. The number of aliphatic hydroxyl groups is 2. The lowest BCUT2D eigenvalue weighted by Gasteiger charge is -2.05. The molecule has 0 radical (unpaired) electrons. The number of aromatic nitrogens is 12. The van der Waals surface area contributed by atoms with Crippen molar-refractivity contribution in [2.45, 2.75) is 186 Å². The Morgan fingerprint density at radius 2 is 0.532 bits per heavy atom. The SMILES string of the molecule is C=Cc1c(C)c2cc3[nH]c(cc4nc(cc5nc(cc1[nH]2)C(C)=C5CCC(=O)O)C(CCC(=O)O)=C4C)c(C)c3C=C.C=Cc1c2cc(C)c(cc3nc(cc4nc(cc5cc(C)c1[nH]5)C(C)=C4CCC(=O)O)C(CCC(=O)O)=C3C)[nH]2.CC1=C(CCC(=O)O)c2cc3nc(cc4[nH]c(cc5[nH]c(cc1n2)c(C)c5C(C)O)c(C)c4C(C)O)C(C)=C3CCC(=O)O. The van der Waals surface area contributed by atoms with Gasteiger partial charge in [-0.15, -0.1) is 0 Å². The van der Waals surface area contributed by atoms with Crippen molar-refractivity contribution < 1.29 is 69.6 Å². The molecule has 126 heavy (non-hydrogen) atoms. The largest absolute Gasteiger partial charge is 0.481 e. The van der Waals surface area contributed by atoms with Gasteiger partial charge in [0.1, 0.15) is 0 Å². The fraction of sp³-hybridized carbons (Fsp3) is 0.280. The van der Waals surface area contributed by atoms with E-state index in [0.717, 1.165) is 200 Å². The highest BCUT2D eigenvalue weighted by Gasteiger charge is 2.29. The summed E-state index contributed by atoms with van der Waals surface area (Å²) in [5, 5.41) is 78.2. The van der Waals surface area contributed by atoms with Crippen LogP contribution in [0.5, 0.6) is 0 Å². The molecule has 648 valence electrons. The van der Waals surface area contributed by atoms with Gasteiger partial charge in [0, 0.05) is 127 Å². The van der Waals surface area contributed by atoms with Crippen LogP contribution in [0.3, 0.4) is 0 Å². The highest BCUT2D eigenvalue weighted by molar-refractivity contribution is 6.02. The van der Waals surface area contributed by atoms with Crippen LogP contribution in [0.25, 0.3) is 151 Å². The van der Waals surface area contributed by atoms with Gasteiger partial charge in [0.2, 0.25) is 0 Å². The molecular weight excluding hydrogens is 1590 g/mol. The minimum Gasteiger partial charge on any atom is -0.481 e. The second kappa shape index (κ2) is 36.7. The van der Waals surface area contributed by atoms with E-state index < -0.39 is 48.0 Å². The van der Waals surface area contributed by atoms with Crippen molar-refractivity contribution in [3.05, 3.63) is 228 Å². The molecule has 0 aromatic carbocycles. The first-order valence-electron chi connectivity index (χ1n) is 41.8. The van der Waals surface area contributed by atoms with E-state index >= 15 is 0 Å². The number of carboxylic acids is 6. The topological polar surface area (TPSA) is 436 Å². The lowest BCUT2D eigenvalue weighted by atomic mass is 9.98. The van der Waals surface area contributed by atoms with Crippen molar-refractivity contribution in [3.8, 4) is 0 Å². The van der Waals surface area contributed by atoms with Crippen LogP contribution in [0.15, 0.2) is 98.6 Å². The summed E-state index contributed by atoms with van der Waals surface area (Å²) in [6.45, 7) is 39.2. The summed E-state index contributed by atoms with van der Waals surface area (Å²) in [7, 11) is 0. The van der Waals surface area contributed by atoms with Gasteiger partial charge in [0.15, 0.2) is 0 Å². The number of nitrogens with one attached hydrogen (secondary N) is 6. The first kappa shape index (κ1) is 89.5. The first-order valence-corrected chi connectivity index (χ1v) is 41.8. The number of aromatic amines is 6. The van der Waals surface area contributed by atoms with Gasteiger partial charge in [0.25, 0.3) is 0 Å². The average molecular weight is 1700 g/mol. The van der Waals surface area contributed by atoms with Crippen molar-refractivity contribution in [3.63, 3.8) is 0 Å². The molecule has 6 aliphatic heterocycles. The van der Waals surface area contributed by atoms with Gasteiger partial charge < -0.3 is 70.8 Å². The molecule has 0 amide bonds. The number of carboxylic acid groups (broad SMARTS) is 6. The van der Waals surface area contributed by atoms with Gasteiger partial charge in [-0.3, -0.25) is 28.8 Å². The zero-order chi connectivity index (χ0) is 91.0. The summed E-state index contributed by atoms with van der Waals surface area (Å²) in [6.07, 6.45) is 5.45. The maximum atomic E-state index is 11.6. The Kier molecular flexibility index (Phi) is 26.1. The predicted octanol–water partition coefficient (Wildman–Crippen LogP) is 21.6. The average Bonchev–Trinajstić information content (AvgIpc) is 1.62. The molecule has 6 aliphatic rings. The molecule has 24 bridgehead atoms. The van der Waals surface area contributed by atoms with Gasteiger partial charge >= 0.3 is 35.8 Å². The zero-order valence-corrected chi connectivity index (χ0v) is 73.2. The van der Waals surface area contributed by atoms with Gasteiger partial charge in [0.05, 0.1) is 86.1 Å². The fourth-order valence-electron chi connectivity index (χ4n) is 17.5. The van der Waals surface area contributed by atoms with E-state index in [9.17, 15) is 69.6 Å². The monoisotopic (exact) mass is 1700 g/mol. The maximum Gasteiger partial charge on any atom is 0.303 e. The quantitative estimate of drug-likeness (QED) is 0.0283. The molecule has 2 unspecified atom stereocenters. The maximum absolute atomic E-state index is 11.6. The van der Waals surface area contributed by atoms with Crippen LogP contribution < -0.4 is 0 Å². The van der Waals surface area contributed by atoms with Crippen molar-refractivity contribution in [1.29, 1.82) is 0 Å². The van der Waals surface area contributed by atoms with Crippen LogP contribution in [0.1, 0.15) is 274 Å². The zero-order valence-electron chi connectivity index (χ0n) is 73.2. The van der Waals surface area contributed by atoms with E-state index in [4.69, 9.17) is 29.9 Å². The number of aryl methyl sites for hydroxylation is 6. The highest BCUT2D eigenvalue weighted by Crippen LogP contribution is 2.44. The lowest BCUT2D eigenvalue weighted by Crippen LogP contribution is -1.97. The second-order valence-electron chi connectivity index (χ2n) is 32.8. The normalized spacial score (nSPS) is 13.7. The number of rotatable bonds is 23. The van der Waals surface area contributed by atoms with Crippen molar-refractivity contribution in [1.82, 2.24) is 59.8 Å². The number of allylic oxidation sites excluding steroid dienone is 12. The van der Waals surface area contributed by atoms with E-state index in [-0.39, 0.29) is 51.4 Å². The van der Waals surface area contributed by atoms with Crippen LogP contribution in [0.2, 0.25) is 0 Å². The summed E-state index contributed by atoms with van der Waals surface area (Å²) >= 11 is 0. The summed E-state index contributed by atoms with van der Waals surface area (Å²) in [4.78, 5) is 120. The Bertz CT molecular complexity index is 6960. The van der Waals surface area contributed by atoms with Gasteiger partial charge in [-0.2, -0.15) is 0 Å². The molecule has 26 heteroatoms. The molecule has 15 heterocycles. The third-order valence-electron chi connectivity index (χ3n) is 24.5. The Labute approximate surface area is 727 Å². The van der Waals surface area contributed by atoms with Crippen molar-refractivity contribution >= 4 is 187 Å². The third-order valence-corrected chi connectivity index (χ3v) is 24.5. The summed E-state index contributed by atoms with van der Waals surface area (Å²) in [5.74, 6) is -5.38. The van der Waals surface area contributed by atoms with Gasteiger partial charge in [-0.05, 0) is 315 Å². The van der Waals surface area contributed by atoms with Gasteiger partial charge in [-0.1, -0.05) is 38.0 Å². The number of hydrogen-bond donors (Lipinski definition) is 14. The molecule has 0 saturated heterocycles. The number of aliphatic carboxylic acids is 6. The fourth-order valence-corrected chi connectivity index (χ4v) is 17.5. The molecule has 0 spiro atoms. The summed E-state index contributed by atoms with van der Waals surface area (Å²) in [5.41, 5.74) is 38.4. The molecule has 15 rings (SSSR count). The second-order valence-corrected chi connectivity index (χ2v) is 32.8. The lowest BCUT2D eigenvalue weighted by molar-refractivity contribution is -0.137. The van der Waals surface area contributed by atoms with E-state index in [1.165, 1.54) is 0 Å². The van der Waals surface area contributed by atoms with E-state index in [1.807, 2.05) is 162 Å². The third kappa shape index (κ3) is 18.4. The van der Waals surface area contributed by atoms with Crippen LogP contribution >= 0.6 is 0 Å². The first-order chi connectivity index (χ1) is 59.8. The Morgan fingerprint density at radius 3 is 0.857 bits per heavy atom. The molecule has 2 atom stereocenters. The van der Waals surface area contributed by atoms with Crippen LogP contribution in [-0.2, 0) is 28.8 Å². The standard InChI is InChI=1S/C34H38N4O6.C34H34N4O4.C32H32N4O4/c1-15-21(7-9-31(41)42)27-14-28-22(8-10-32(43)44)16(2)24(36-28)12-29-34(20(6)40)18(4)26(38-29)13-30-33(19(5)39)17(3)25(37-30)11-23(15)35-27;1-7-21-17(3)25-13-26-19(5)23(9-11-33(39)40)31(37-26)16-32-24(10-12-34(41)42)20(6)28(38-32)15-30-22(8-2)18(4)27(36-30)14-29(21)35-25;1-6-21-27-12-16(2)24(34-27)14-26-19(5)23(8-10-31(39)40)29(36-26)15-28-22(7-9-30(37)38)18(4)25(35-28)13-20-11-17(3)32(21)33-20/h11-14,19-20,37-40H,7-10H2,1-6H3,(H,41,42)(H,43,44);7-8,13-16,35-36H,1-2,9-12H2,3-6H3,(H,39,40)(H,41,42);6,11-15,33-34H,1,7-10H2,2-5H3,(H,37,38)(H,39,40). The minimum atomic E-state index is -0.921. The van der Waals surface area contributed by atoms with E-state index in [2.05, 4.69) is 67.8 Å². The summed E-state index contributed by atoms with van der Waals surface area (Å²) in [6, 6.07) is 25.4. The molecule has 0 saturated carbocycles. The van der Waals surface area contributed by atoms with Gasteiger partial charge in [-0.25, -0.2) is 29.9 Å². The number of fused-ring (bicyclic) bond motifs is 24. The smallest absolute Gasteiger partial charge is 0.303 e. The predicted molar refractivity (Wildman–Crippen MR) is 499 cm³/mol.